The molecule has 0 spiro atoms. The molecule has 1 heterocycles. The monoisotopic (exact) mass is 211 g/mol. The summed E-state index contributed by atoms with van der Waals surface area (Å²) in [4.78, 5) is 0. The van der Waals surface area contributed by atoms with Crippen molar-refractivity contribution in [1.29, 1.82) is 0 Å². The van der Waals surface area contributed by atoms with Crippen molar-refractivity contribution in [2.45, 2.75) is 39.7 Å². The Morgan fingerprint density at radius 2 is 2.29 bits per heavy atom. The third-order valence-electron chi connectivity index (χ3n) is 2.47. The number of rotatable bonds is 3. The molecule has 0 bridgehead atoms. The molecule has 80 valence electrons. The zero-order valence-electron chi connectivity index (χ0n) is 9.52. The van der Waals surface area contributed by atoms with Gasteiger partial charge >= 0.3 is 0 Å². The largest absolute Gasteiger partial charge is 0.312 e. The second-order valence-electron chi connectivity index (χ2n) is 4.71. The van der Waals surface area contributed by atoms with Crippen LogP contribution in [0.5, 0.6) is 0 Å². The normalized spacial score (nSPS) is 25.2. The molecular weight excluding hydrogens is 190 g/mol. The van der Waals surface area contributed by atoms with Crippen molar-refractivity contribution in [2.24, 2.45) is 5.41 Å². The molecule has 0 aromatic heterocycles. The van der Waals surface area contributed by atoms with Gasteiger partial charge in [0.05, 0.1) is 0 Å². The highest BCUT2D eigenvalue weighted by atomic mass is 32.2. The molecule has 1 fully saturated rings. The van der Waals surface area contributed by atoms with Crippen LogP contribution in [0.4, 0.5) is 0 Å². The predicted octanol–water partition coefficient (Wildman–Crippen LogP) is 2.52. The molecule has 1 atom stereocenters. The summed E-state index contributed by atoms with van der Waals surface area (Å²) in [6.45, 7) is 7.67. The van der Waals surface area contributed by atoms with Crippen molar-refractivity contribution in [2.75, 3.05) is 18.1 Å². The fourth-order valence-electron chi connectivity index (χ4n) is 1.86. The van der Waals surface area contributed by atoms with Gasteiger partial charge in [-0.25, -0.2) is 0 Å². The average Bonchev–Trinajstić information content (AvgIpc) is 2.11. The minimum Gasteiger partial charge on any atom is -0.312 e. The summed E-state index contributed by atoms with van der Waals surface area (Å²) >= 11 is 2.08. The molecule has 0 aromatic rings. The quantitative estimate of drug-likeness (QED) is 0.569. The van der Waals surface area contributed by atoms with E-state index in [9.17, 15) is 0 Å². The van der Waals surface area contributed by atoms with E-state index < -0.39 is 0 Å². The first kappa shape index (κ1) is 11.9. The van der Waals surface area contributed by atoms with E-state index in [1.807, 2.05) is 6.92 Å². The summed E-state index contributed by atoms with van der Waals surface area (Å²) in [5.41, 5.74) is 0.511. The lowest BCUT2D eigenvalue weighted by atomic mass is 9.88. The maximum Gasteiger partial charge on any atom is 0.0214 e. The van der Waals surface area contributed by atoms with Gasteiger partial charge < -0.3 is 5.32 Å². The van der Waals surface area contributed by atoms with Crippen LogP contribution in [-0.2, 0) is 0 Å². The first-order valence-corrected chi connectivity index (χ1v) is 6.50. The van der Waals surface area contributed by atoms with Gasteiger partial charge in [0.15, 0.2) is 0 Å². The molecule has 2 heteroatoms. The fraction of sp³-hybridized carbons (Fsp3) is 0.833. The lowest BCUT2D eigenvalue weighted by Crippen LogP contribution is -2.40. The summed E-state index contributed by atoms with van der Waals surface area (Å²) in [7, 11) is 0. The van der Waals surface area contributed by atoms with Gasteiger partial charge in [-0.1, -0.05) is 13.8 Å². The Morgan fingerprint density at radius 3 is 2.93 bits per heavy atom. The van der Waals surface area contributed by atoms with Gasteiger partial charge in [-0.3, -0.25) is 0 Å². The van der Waals surface area contributed by atoms with Crippen LogP contribution in [0.3, 0.4) is 0 Å². The average molecular weight is 211 g/mol. The SMILES string of the molecule is CC#CCCNC1CSCC(C)(C)C1. The number of hydrogen-bond donors (Lipinski definition) is 1. The number of thioether (sulfide) groups is 1. The summed E-state index contributed by atoms with van der Waals surface area (Å²) < 4.78 is 0. The van der Waals surface area contributed by atoms with Crippen LogP contribution in [0.15, 0.2) is 0 Å². The van der Waals surface area contributed by atoms with Crippen LogP contribution in [0.1, 0.15) is 33.6 Å². The summed E-state index contributed by atoms with van der Waals surface area (Å²) in [6.07, 6.45) is 2.29. The van der Waals surface area contributed by atoms with E-state index in [0.29, 0.717) is 11.5 Å². The van der Waals surface area contributed by atoms with Crippen LogP contribution in [0.25, 0.3) is 0 Å². The molecule has 1 nitrogen and oxygen atoms in total. The van der Waals surface area contributed by atoms with Crippen LogP contribution in [-0.4, -0.2) is 24.1 Å². The molecule has 1 saturated heterocycles. The lowest BCUT2D eigenvalue weighted by Gasteiger charge is -2.35. The molecule has 0 saturated carbocycles. The standard InChI is InChI=1S/C12H21NS/c1-4-5-6-7-13-11-8-12(2,3)10-14-9-11/h11,13H,6-10H2,1-3H3. The zero-order valence-corrected chi connectivity index (χ0v) is 10.3. The molecule has 14 heavy (non-hydrogen) atoms. The Balaban J connectivity index is 2.20. The van der Waals surface area contributed by atoms with E-state index >= 15 is 0 Å². The predicted molar refractivity (Wildman–Crippen MR) is 65.6 cm³/mol. The molecule has 1 rings (SSSR count). The smallest absolute Gasteiger partial charge is 0.0214 e. The van der Waals surface area contributed by atoms with Gasteiger partial charge in [-0.15, -0.1) is 11.8 Å². The van der Waals surface area contributed by atoms with E-state index in [1.54, 1.807) is 0 Å². The first-order valence-electron chi connectivity index (χ1n) is 5.35. The van der Waals surface area contributed by atoms with Crippen molar-refractivity contribution in [3.05, 3.63) is 0 Å². The molecular formula is C12H21NS. The van der Waals surface area contributed by atoms with Crippen molar-refractivity contribution >= 4 is 11.8 Å². The third kappa shape index (κ3) is 4.39. The van der Waals surface area contributed by atoms with Gasteiger partial charge in [0, 0.05) is 24.8 Å². The topological polar surface area (TPSA) is 12.0 Å². The van der Waals surface area contributed by atoms with E-state index in [-0.39, 0.29) is 0 Å². The molecule has 0 amide bonds. The Hall–Kier alpha value is -0.130. The molecule has 0 aromatic carbocycles. The summed E-state index contributed by atoms with van der Waals surface area (Å²) in [5.74, 6) is 8.59. The molecule has 1 aliphatic heterocycles. The van der Waals surface area contributed by atoms with E-state index in [4.69, 9.17) is 0 Å². The van der Waals surface area contributed by atoms with E-state index in [2.05, 4.69) is 42.8 Å². The van der Waals surface area contributed by atoms with Crippen LogP contribution in [0, 0.1) is 17.3 Å². The van der Waals surface area contributed by atoms with Crippen molar-refractivity contribution in [3.8, 4) is 11.8 Å². The highest BCUT2D eigenvalue weighted by Crippen LogP contribution is 2.33. The zero-order chi connectivity index (χ0) is 10.4. The highest BCUT2D eigenvalue weighted by Gasteiger charge is 2.27. The van der Waals surface area contributed by atoms with E-state index in [1.165, 1.54) is 17.9 Å². The molecule has 1 aliphatic rings. The molecule has 1 unspecified atom stereocenters. The molecule has 0 radical (unpaired) electrons. The first-order chi connectivity index (χ1) is 6.64. The summed E-state index contributed by atoms with van der Waals surface area (Å²) in [5, 5.41) is 3.59. The fourth-order valence-corrected chi connectivity index (χ4v) is 3.17. The van der Waals surface area contributed by atoms with Crippen molar-refractivity contribution in [1.82, 2.24) is 5.32 Å². The number of hydrogen-bond acceptors (Lipinski definition) is 2. The maximum absolute atomic E-state index is 3.59. The Bertz CT molecular complexity index is 224. The second kappa shape index (κ2) is 5.68. The van der Waals surface area contributed by atoms with Crippen molar-refractivity contribution in [3.63, 3.8) is 0 Å². The minimum atomic E-state index is 0.511. The summed E-state index contributed by atoms with van der Waals surface area (Å²) in [6, 6.07) is 0.697. The highest BCUT2D eigenvalue weighted by molar-refractivity contribution is 7.99. The van der Waals surface area contributed by atoms with Gasteiger partial charge in [-0.05, 0) is 24.5 Å². The third-order valence-corrected chi connectivity index (χ3v) is 4.09. The van der Waals surface area contributed by atoms with Crippen molar-refractivity contribution < 1.29 is 0 Å². The Kier molecular flexibility index (Phi) is 4.84. The lowest BCUT2D eigenvalue weighted by molar-refractivity contribution is 0.320. The van der Waals surface area contributed by atoms with Gasteiger partial charge in [0.1, 0.15) is 0 Å². The maximum atomic E-state index is 3.59. The minimum absolute atomic E-state index is 0.511. The number of nitrogens with one attached hydrogen (secondary N) is 1. The molecule has 1 N–H and O–H groups in total. The Labute approximate surface area is 92.4 Å². The van der Waals surface area contributed by atoms with Gasteiger partial charge in [0.25, 0.3) is 0 Å². The van der Waals surface area contributed by atoms with Gasteiger partial charge in [0.2, 0.25) is 0 Å². The van der Waals surface area contributed by atoms with E-state index in [0.717, 1.165) is 13.0 Å². The van der Waals surface area contributed by atoms with Crippen LogP contribution >= 0.6 is 11.8 Å². The van der Waals surface area contributed by atoms with Crippen LogP contribution < -0.4 is 5.32 Å². The molecule has 0 aliphatic carbocycles. The van der Waals surface area contributed by atoms with Gasteiger partial charge in [-0.2, -0.15) is 11.8 Å². The van der Waals surface area contributed by atoms with Crippen LogP contribution in [0.2, 0.25) is 0 Å². The Morgan fingerprint density at radius 1 is 1.50 bits per heavy atom. The second-order valence-corrected chi connectivity index (χ2v) is 5.74.